The monoisotopic (exact) mass is 343 g/mol. The van der Waals surface area contributed by atoms with Crippen molar-refractivity contribution in [2.75, 3.05) is 6.54 Å². The molecule has 1 atom stereocenters. The Bertz CT molecular complexity index is 678. The summed E-state index contributed by atoms with van der Waals surface area (Å²) in [4.78, 5) is 38.2. The van der Waals surface area contributed by atoms with E-state index in [1.807, 2.05) is 38.1 Å². The fraction of sp³-hybridized carbons (Fsp3) is 0.526. The Hall–Kier alpha value is -2.37. The van der Waals surface area contributed by atoms with Crippen LogP contribution in [0, 0.1) is 6.92 Å². The Kier molecular flexibility index (Phi) is 4.79. The predicted molar refractivity (Wildman–Crippen MR) is 93.8 cm³/mol. The molecule has 0 radical (unpaired) electrons. The Balaban J connectivity index is 1.64. The van der Waals surface area contributed by atoms with Crippen LogP contribution in [-0.2, 0) is 9.59 Å². The molecule has 1 heterocycles. The largest absolute Gasteiger partial charge is 0.348 e. The zero-order valence-electron chi connectivity index (χ0n) is 14.8. The molecule has 2 N–H and O–H groups in total. The summed E-state index contributed by atoms with van der Waals surface area (Å²) in [5.41, 5.74) is 1.41. The number of amides is 4. The highest BCUT2D eigenvalue weighted by molar-refractivity contribution is 6.09. The van der Waals surface area contributed by atoms with Crippen LogP contribution >= 0.6 is 0 Å². The smallest absolute Gasteiger partial charge is 0.325 e. The quantitative estimate of drug-likeness (QED) is 0.806. The third-order valence-electron chi connectivity index (χ3n) is 5.23. The van der Waals surface area contributed by atoms with E-state index in [1.54, 1.807) is 0 Å². The van der Waals surface area contributed by atoms with Gasteiger partial charge in [0.05, 0.1) is 6.04 Å². The van der Waals surface area contributed by atoms with E-state index >= 15 is 0 Å². The van der Waals surface area contributed by atoms with E-state index < -0.39 is 11.6 Å². The number of carbonyl (C=O) groups is 3. The lowest BCUT2D eigenvalue weighted by Crippen LogP contribution is -2.45. The third kappa shape index (κ3) is 3.38. The number of imide groups is 1. The van der Waals surface area contributed by atoms with Crippen molar-refractivity contribution in [1.82, 2.24) is 15.5 Å². The molecule has 1 aliphatic heterocycles. The second-order valence-corrected chi connectivity index (χ2v) is 7.05. The molecule has 1 aliphatic carbocycles. The zero-order chi connectivity index (χ0) is 18.0. The number of nitrogens with zero attached hydrogens (tertiary/aromatic N) is 1. The standard InChI is InChI=1S/C19H25N3O3/c1-3-15(14-8-6-13(2)7-9-14)20-16(23)12-22-17(24)19(21-18(22)25)10-4-5-11-19/h6-9,15H,3-5,10-12H2,1-2H3,(H,20,23)(H,21,25)/t15-/m1/s1. The molecule has 1 aromatic rings. The summed E-state index contributed by atoms with van der Waals surface area (Å²) in [6, 6.07) is 7.41. The zero-order valence-corrected chi connectivity index (χ0v) is 14.8. The number of urea groups is 1. The van der Waals surface area contributed by atoms with Crippen LogP contribution in [0.4, 0.5) is 4.79 Å². The van der Waals surface area contributed by atoms with Gasteiger partial charge in [0, 0.05) is 0 Å². The molecule has 1 spiro atoms. The molecular weight excluding hydrogens is 318 g/mol. The highest BCUT2D eigenvalue weighted by Gasteiger charge is 2.52. The normalized spacial score (nSPS) is 20.0. The van der Waals surface area contributed by atoms with Gasteiger partial charge in [-0.05, 0) is 31.7 Å². The van der Waals surface area contributed by atoms with Gasteiger partial charge in [0.15, 0.2) is 0 Å². The van der Waals surface area contributed by atoms with Crippen molar-refractivity contribution in [3.8, 4) is 0 Å². The first-order chi connectivity index (χ1) is 11.9. The molecule has 134 valence electrons. The highest BCUT2D eigenvalue weighted by Crippen LogP contribution is 2.34. The fourth-order valence-electron chi connectivity index (χ4n) is 3.74. The van der Waals surface area contributed by atoms with Crippen LogP contribution in [0.25, 0.3) is 0 Å². The van der Waals surface area contributed by atoms with Crippen LogP contribution in [0.2, 0.25) is 0 Å². The Labute approximate surface area is 148 Å². The number of nitrogens with one attached hydrogen (secondary N) is 2. The number of benzene rings is 1. The summed E-state index contributed by atoms with van der Waals surface area (Å²) in [6.07, 6.45) is 3.92. The molecular formula is C19H25N3O3. The first-order valence-electron chi connectivity index (χ1n) is 8.95. The van der Waals surface area contributed by atoms with Gasteiger partial charge in [-0.15, -0.1) is 0 Å². The van der Waals surface area contributed by atoms with Gasteiger partial charge < -0.3 is 10.6 Å². The number of rotatable bonds is 5. The van der Waals surface area contributed by atoms with Crippen LogP contribution in [-0.4, -0.2) is 34.8 Å². The van der Waals surface area contributed by atoms with Crippen molar-refractivity contribution in [2.24, 2.45) is 0 Å². The van der Waals surface area contributed by atoms with E-state index in [0.29, 0.717) is 12.8 Å². The lowest BCUT2D eigenvalue weighted by molar-refractivity contribution is -0.135. The Morgan fingerprint density at radius 3 is 2.48 bits per heavy atom. The summed E-state index contributed by atoms with van der Waals surface area (Å²) in [6.45, 7) is 3.78. The number of aryl methyl sites for hydroxylation is 1. The van der Waals surface area contributed by atoms with E-state index in [-0.39, 0.29) is 24.4 Å². The maximum Gasteiger partial charge on any atom is 0.325 e. The summed E-state index contributed by atoms with van der Waals surface area (Å²) < 4.78 is 0. The van der Waals surface area contributed by atoms with Crippen molar-refractivity contribution in [3.63, 3.8) is 0 Å². The van der Waals surface area contributed by atoms with Crippen molar-refractivity contribution in [3.05, 3.63) is 35.4 Å². The first kappa shape index (κ1) is 17.5. The number of hydrogen-bond donors (Lipinski definition) is 2. The van der Waals surface area contributed by atoms with Crippen molar-refractivity contribution in [2.45, 2.75) is 57.5 Å². The van der Waals surface area contributed by atoms with Crippen molar-refractivity contribution >= 4 is 17.8 Å². The van der Waals surface area contributed by atoms with Gasteiger partial charge in [-0.3, -0.25) is 14.5 Å². The van der Waals surface area contributed by atoms with E-state index in [1.165, 1.54) is 0 Å². The van der Waals surface area contributed by atoms with Gasteiger partial charge in [0.1, 0.15) is 12.1 Å². The van der Waals surface area contributed by atoms with E-state index in [0.717, 1.165) is 35.3 Å². The van der Waals surface area contributed by atoms with Gasteiger partial charge in [-0.25, -0.2) is 4.79 Å². The minimum atomic E-state index is -0.765. The SMILES string of the molecule is CC[C@@H](NC(=O)CN1C(=O)NC2(CCCC2)C1=O)c1ccc(C)cc1. The van der Waals surface area contributed by atoms with E-state index in [2.05, 4.69) is 10.6 Å². The second-order valence-electron chi connectivity index (χ2n) is 7.05. The summed E-state index contributed by atoms with van der Waals surface area (Å²) in [7, 11) is 0. The molecule has 4 amide bonds. The Morgan fingerprint density at radius 2 is 1.88 bits per heavy atom. The molecule has 0 aromatic heterocycles. The lowest BCUT2D eigenvalue weighted by Gasteiger charge is -2.21. The molecule has 1 saturated carbocycles. The van der Waals surface area contributed by atoms with Crippen LogP contribution in [0.3, 0.4) is 0 Å². The minimum absolute atomic E-state index is 0.130. The molecule has 1 aromatic carbocycles. The molecule has 6 nitrogen and oxygen atoms in total. The molecule has 3 rings (SSSR count). The predicted octanol–water partition coefficient (Wildman–Crippen LogP) is 2.43. The molecule has 0 unspecified atom stereocenters. The van der Waals surface area contributed by atoms with Gasteiger partial charge in [0.25, 0.3) is 5.91 Å². The third-order valence-corrected chi connectivity index (χ3v) is 5.23. The van der Waals surface area contributed by atoms with Crippen LogP contribution in [0.1, 0.15) is 56.2 Å². The summed E-state index contributed by atoms with van der Waals surface area (Å²) in [5, 5.41) is 5.73. The molecule has 1 saturated heterocycles. The number of hydrogen-bond acceptors (Lipinski definition) is 3. The van der Waals surface area contributed by atoms with Gasteiger partial charge in [-0.1, -0.05) is 49.6 Å². The molecule has 2 fully saturated rings. The maximum absolute atomic E-state index is 12.6. The van der Waals surface area contributed by atoms with Crippen molar-refractivity contribution < 1.29 is 14.4 Å². The molecule has 2 aliphatic rings. The average molecular weight is 343 g/mol. The fourth-order valence-corrected chi connectivity index (χ4v) is 3.74. The molecule has 0 bridgehead atoms. The molecule has 25 heavy (non-hydrogen) atoms. The van der Waals surface area contributed by atoms with Gasteiger partial charge in [-0.2, -0.15) is 0 Å². The maximum atomic E-state index is 12.6. The topological polar surface area (TPSA) is 78.5 Å². The van der Waals surface area contributed by atoms with Crippen LogP contribution < -0.4 is 10.6 Å². The van der Waals surface area contributed by atoms with Crippen LogP contribution in [0.5, 0.6) is 0 Å². The lowest BCUT2D eigenvalue weighted by atomic mass is 9.98. The van der Waals surface area contributed by atoms with Gasteiger partial charge in [0.2, 0.25) is 5.91 Å². The average Bonchev–Trinajstić information content (AvgIpc) is 3.15. The summed E-state index contributed by atoms with van der Waals surface area (Å²) in [5.74, 6) is -0.570. The first-order valence-corrected chi connectivity index (χ1v) is 8.95. The highest BCUT2D eigenvalue weighted by atomic mass is 16.2. The summed E-state index contributed by atoms with van der Waals surface area (Å²) >= 11 is 0. The Morgan fingerprint density at radius 1 is 1.24 bits per heavy atom. The van der Waals surface area contributed by atoms with Crippen molar-refractivity contribution in [1.29, 1.82) is 0 Å². The second kappa shape index (κ2) is 6.86. The van der Waals surface area contributed by atoms with E-state index in [4.69, 9.17) is 0 Å². The minimum Gasteiger partial charge on any atom is -0.348 e. The van der Waals surface area contributed by atoms with Crippen LogP contribution in [0.15, 0.2) is 24.3 Å². The number of carbonyl (C=O) groups excluding carboxylic acids is 3. The van der Waals surface area contributed by atoms with E-state index in [9.17, 15) is 14.4 Å². The van der Waals surface area contributed by atoms with Gasteiger partial charge >= 0.3 is 6.03 Å². The molecule has 6 heteroatoms.